The van der Waals surface area contributed by atoms with Crippen molar-refractivity contribution >= 4 is 17.8 Å². The first-order valence-corrected chi connectivity index (χ1v) is 7.20. The van der Waals surface area contributed by atoms with Gasteiger partial charge in [-0.3, -0.25) is 14.9 Å². The number of carbonyl (C=O) groups excluding carboxylic acids is 2. The summed E-state index contributed by atoms with van der Waals surface area (Å²) >= 11 is 0. The van der Waals surface area contributed by atoms with Crippen molar-refractivity contribution in [3.05, 3.63) is 48.3 Å². The third kappa shape index (κ3) is 4.44. The van der Waals surface area contributed by atoms with E-state index in [1.165, 1.54) is 0 Å². The third-order valence-corrected chi connectivity index (χ3v) is 2.97. The van der Waals surface area contributed by atoms with Crippen molar-refractivity contribution in [2.24, 2.45) is 5.92 Å². The van der Waals surface area contributed by atoms with E-state index in [4.69, 9.17) is 0 Å². The summed E-state index contributed by atoms with van der Waals surface area (Å²) in [4.78, 5) is 27.9. The molecule has 2 rings (SSSR count). The zero-order valence-corrected chi connectivity index (χ0v) is 12.7. The van der Waals surface area contributed by atoms with E-state index in [1.807, 2.05) is 16.8 Å². The Bertz CT molecular complexity index is 635. The second-order valence-electron chi connectivity index (χ2n) is 5.39. The summed E-state index contributed by atoms with van der Waals surface area (Å²) in [5.74, 6) is 0.358. The lowest BCUT2D eigenvalue weighted by Gasteiger charge is -2.11. The molecule has 0 saturated carbocycles. The highest BCUT2D eigenvalue weighted by atomic mass is 16.2. The topological polar surface area (TPSA) is 76.0 Å². The largest absolute Gasteiger partial charge is 0.343 e. The zero-order chi connectivity index (χ0) is 15.9. The first-order chi connectivity index (χ1) is 10.6. The maximum Gasteiger partial charge on any atom is 0.251 e. The van der Waals surface area contributed by atoms with E-state index in [1.54, 1.807) is 30.5 Å². The summed E-state index contributed by atoms with van der Waals surface area (Å²) < 4.78 is 1.88. The van der Waals surface area contributed by atoms with Gasteiger partial charge < -0.3 is 9.88 Å². The van der Waals surface area contributed by atoms with Crippen molar-refractivity contribution in [2.45, 2.75) is 20.4 Å². The van der Waals surface area contributed by atoms with Crippen LogP contribution in [-0.2, 0) is 11.3 Å². The quantitative estimate of drug-likeness (QED) is 0.855. The molecular weight excluding hydrogens is 280 g/mol. The van der Waals surface area contributed by atoms with Crippen LogP contribution in [0.3, 0.4) is 0 Å². The molecule has 0 saturated heterocycles. The Labute approximate surface area is 129 Å². The zero-order valence-electron chi connectivity index (χ0n) is 12.7. The van der Waals surface area contributed by atoms with Gasteiger partial charge >= 0.3 is 0 Å². The van der Waals surface area contributed by atoms with Gasteiger partial charge in [-0.2, -0.15) is 0 Å². The average molecular weight is 300 g/mol. The summed E-state index contributed by atoms with van der Waals surface area (Å²) in [5, 5.41) is 5.28. The number of rotatable bonds is 6. The second kappa shape index (κ2) is 7.40. The van der Waals surface area contributed by atoms with E-state index in [-0.39, 0.29) is 18.4 Å². The van der Waals surface area contributed by atoms with Crippen LogP contribution < -0.4 is 10.6 Å². The molecular formula is C16H20N4O2. The molecule has 2 N–H and O–H groups in total. The van der Waals surface area contributed by atoms with E-state index < -0.39 is 0 Å². The summed E-state index contributed by atoms with van der Waals surface area (Å²) in [5.41, 5.74) is 0.525. The lowest BCUT2D eigenvalue weighted by atomic mass is 10.2. The maximum absolute atomic E-state index is 11.9. The number of imidazole rings is 1. The molecule has 0 bridgehead atoms. The Morgan fingerprint density at radius 3 is 2.64 bits per heavy atom. The molecule has 0 unspecified atom stereocenters. The molecule has 2 amide bonds. The van der Waals surface area contributed by atoms with Gasteiger partial charge in [-0.15, -0.1) is 0 Å². The minimum Gasteiger partial charge on any atom is -0.343 e. The molecule has 0 aliphatic heterocycles. The lowest BCUT2D eigenvalue weighted by Crippen LogP contribution is -2.33. The van der Waals surface area contributed by atoms with Gasteiger partial charge in [0.1, 0.15) is 0 Å². The fraction of sp³-hybridized carbons (Fsp3) is 0.312. The molecule has 0 aliphatic rings. The Morgan fingerprint density at radius 1 is 1.23 bits per heavy atom. The molecule has 116 valence electrons. The van der Waals surface area contributed by atoms with Gasteiger partial charge in [0.05, 0.1) is 6.54 Å². The van der Waals surface area contributed by atoms with Gasteiger partial charge in [-0.25, -0.2) is 4.98 Å². The molecule has 1 aromatic heterocycles. The van der Waals surface area contributed by atoms with Crippen LogP contribution in [0, 0.1) is 5.92 Å². The maximum atomic E-state index is 11.9. The molecule has 22 heavy (non-hydrogen) atoms. The van der Waals surface area contributed by atoms with Crippen molar-refractivity contribution in [1.29, 1.82) is 0 Å². The highest BCUT2D eigenvalue weighted by Crippen LogP contribution is 2.08. The number of hydrogen-bond donors (Lipinski definition) is 2. The standard InChI is InChI=1S/C16H20N4O2/c1-12(2)11-20-9-8-17-16(20)19-14(21)10-18-15(22)13-6-4-3-5-7-13/h3-9,12H,10-11H2,1-2H3,(H,18,22)(H,17,19,21). The first-order valence-electron chi connectivity index (χ1n) is 7.20. The Hall–Kier alpha value is -2.63. The number of hydrogen-bond acceptors (Lipinski definition) is 3. The SMILES string of the molecule is CC(C)Cn1ccnc1NC(=O)CNC(=O)c1ccccc1. The van der Waals surface area contributed by atoms with Crippen LogP contribution >= 0.6 is 0 Å². The average Bonchev–Trinajstić information content (AvgIpc) is 2.92. The van der Waals surface area contributed by atoms with Crippen LogP contribution in [0.25, 0.3) is 0 Å². The third-order valence-electron chi connectivity index (χ3n) is 2.97. The van der Waals surface area contributed by atoms with Crippen molar-refractivity contribution in [3.8, 4) is 0 Å². The monoisotopic (exact) mass is 300 g/mol. The Balaban J connectivity index is 1.86. The van der Waals surface area contributed by atoms with Crippen molar-refractivity contribution in [2.75, 3.05) is 11.9 Å². The number of amides is 2. The van der Waals surface area contributed by atoms with Crippen LogP contribution in [0.5, 0.6) is 0 Å². The van der Waals surface area contributed by atoms with Crippen LogP contribution in [0.1, 0.15) is 24.2 Å². The number of nitrogens with one attached hydrogen (secondary N) is 2. The number of carbonyl (C=O) groups is 2. The summed E-state index contributed by atoms with van der Waals surface area (Å²) in [7, 11) is 0. The molecule has 0 fully saturated rings. The van der Waals surface area contributed by atoms with Gasteiger partial charge in [0.15, 0.2) is 0 Å². The number of aromatic nitrogens is 2. The molecule has 0 radical (unpaired) electrons. The van der Waals surface area contributed by atoms with Gasteiger partial charge in [0.25, 0.3) is 5.91 Å². The minimum atomic E-state index is -0.305. The minimum absolute atomic E-state index is 0.0950. The Kier molecular flexibility index (Phi) is 5.30. The number of benzene rings is 1. The van der Waals surface area contributed by atoms with Crippen molar-refractivity contribution in [1.82, 2.24) is 14.9 Å². The number of anilines is 1. The van der Waals surface area contributed by atoms with E-state index in [0.29, 0.717) is 17.4 Å². The Morgan fingerprint density at radius 2 is 1.95 bits per heavy atom. The highest BCUT2D eigenvalue weighted by molar-refractivity contribution is 5.98. The summed E-state index contributed by atoms with van der Waals surface area (Å²) in [6, 6.07) is 8.78. The smallest absolute Gasteiger partial charge is 0.251 e. The van der Waals surface area contributed by atoms with Gasteiger partial charge in [-0.1, -0.05) is 32.0 Å². The normalized spacial score (nSPS) is 10.5. The molecule has 0 atom stereocenters. The molecule has 6 heteroatoms. The lowest BCUT2D eigenvalue weighted by molar-refractivity contribution is -0.115. The van der Waals surface area contributed by atoms with E-state index >= 15 is 0 Å². The molecule has 1 aromatic carbocycles. The van der Waals surface area contributed by atoms with E-state index in [9.17, 15) is 9.59 Å². The van der Waals surface area contributed by atoms with Gasteiger partial charge in [-0.05, 0) is 18.1 Å². The summed E-state index contributed by atoms with van der Waals surface area (Å²) in [6.07, 6.45) is 3.46. The summed E-state index contributed by atoms with van der Waals surface area (Å²) in [6.45, 7) is 4.85. The van der Waals surface area contributed by atoms with Gasteiger partial charge in [0.2, 0.25) is 11.9 Å². The molecule has 6 nitrogen and oxygen atoms in total. The second-order valence-corrected chi connectivity index (χ2v) is 5.39. The van der Waals surface area contributed by atoms with Gasteiger partial charge in [0, 0.05) is 24.5 Å². The van der Waals surface area contributed by atoms with Crippen molar-refractivity contribution < 1.29 is 9.59 Å². The van der Waals surface area contributed by atoms with Crippen LogP contribution in [0.2, 0.25) is 0 Å². The number of nitrogens with zero attached hydrogens (tertiary/aromatic N) is 2. The fourth-order valence-corrected chi connectivity index (χ4v) is 2.00. The van der Waals surface area contributed by atoms with Crippen LogP contribution in [-0.4, -0.2) is 27.9 Å². The van der Waals surface area contributed by atoms with Crippen molar-refractivity contribution in [3.63, 3.8) is 0 Å². The fourth-order valence-electron chi connectivity index (χ4n) is 2.00. The van der Waals surface area contributed by atoms with E-state index in [2.05, 4.69) is 29.5 Å². The molecule has 0 spiro atoms. The molecule has 0 aliphatic carbocycles. The first kappa shape index (κ1) is 15.8. The van der Waals surface area contributed by atoms with Crippen LogP contribution in [0.15, 0.2) is 42.7 Å². The molecule has 1 heterocycles. The molecule has 2 aromatic rings. The highest BCUT2D eigenvalue weighted by Gasteiger charge is 2.11. The predicted octanol–water partition coefficient (Wildman–Crippen LogP) is 1.91. The van der Waals surface area contributed by atoms with E-state index in [0.717, 1.165) is 6.54 Å². The predicted molar refractivity (Wildman–Crippen MR) is 84.5 cm³/mol. The van der Waals surface area contributed by atoms with Crippen LogP contribution in [0.4, 0.5) is 5.95 Å².